The maximum absolute atomic E-state index is 12.2. The molecule has 2 N–H and O–H groups in total. The molecule has 1 rings (SSSR count). The predicted molar refractivity (Wildman–Crippen MR) is 93.5 cm³/mol. The Morgan fingerprint density at radius 2 is 1.91 bits per heavy atom. The molecule has 136 valence electrons. The number of rotatable bonds is 6. The number of ether oxygens (including phenoxy) is 1. The van der Waals surface area contributed by atoms with Crippen molar-refractivity contribution in [1.29, 1.82) is 0 Å². The number of likely N-dealkylation sites (tertiary alicyclic amines) is 1. The summed E-state index contributed by atoms with van der Waals surface area (Å²) < 4.78 is 5.47. The number of aliphatic hydroxyl groups is 1. The highest BCUT2D eigenvalue weighted by Crippen LogP contribution is 2.22. The van der Waals surface area contributed by atoms with Gasteiger partial charge in [0.1, 0.15) is 5.60 Å². The zero-order valence-corrected chi connectivity index (χ0v) is 15.7. The molecule has 0 spiro atoms. The fraction of sp³-hybridized carbons (Fsp3) is 0.944. The molecule has 1 saturated heterocycles. The van der Waals surface area contributed by atoms with E-state index in [0.29, 0.717) is 6.04 Å². The van der Waals surface area contributed by atoms with Gasteiger partial charge in [0, 0.05) is 32.3 Å². The van der Waals surface area contributed by atoms with Crippen LogP contribution in [-0.4, -0.2) is 54.0 Å². The molecule has 1 heterocycles. The first-order valence-electron chi connectivity index (χ1n) is 8.95. The number of nitrogens with one attached hydrogen (secondary N) is 1. The highest BCUT2D eigenvalue weighted by molar-refractivity contribution is 5.68. The van der Waals surface area contributed by atoms with Gasteiger partial charge in [-0.05, 0) is 58.3 Å². The van der Waals surface area contributed by atoms with Crippen molar-refractivity contribution >= 4 is 6.09 Å². The Hall–Kier alpha value is -0.810. The summed E-state index contributed by atoms with van der Waals surface area (Å²) in [6, 6.07) is 0.454. The molecule has 1 atom stereocenters. The van der Waals surface area contributed by atoms with Crippen molar-refractivity contribution in [2.75, 3.05) is 26.2 Å². The molecular formula is C18H36N2O3. The Bertz CT molecular complexity index is 364. The third-order valence-electron chi connectivity index (χ3n) is 4.26. The summed E-state index contributed by atoms with van der Waals surface area (Å²) >= 11 is 0. The number of hydrogen-bond acceptors (Lipinski definition) is 4. The summed E-state index contributed by atoms with van der Waals surface area (Å²) in [5.74, 6) is 0. The summed E-state index contributed by atoms with van der Waals surface area (Å²) in [5, 5.41) is 12.6. The molecule has 0 bridgehead atoms. The van der Waals surface area contributed by atoms with E-state index in [2.05, 4.69) is 19.2 Å². The Morgan fingerprint density at radius 3 is 2.52 bits per heavy atom. The smallest absolute Gasteiger partial charge is 0.410 e. The number of nitrogens with zero attached hydrogens (tertiary/aromatic N) is 1. The molecule has 5 heteroatoms. The van der Waals surface area contributed by atoms with Gasteiger partial charge in [-0.2, -0.15) is 0 Å². The normalized spacial score (nSPS) is 20.3. The molecule has 5 nitrogen and oxygen atoms in total. The average molecular weight is 328 g/mol. The standard InChI is InChI=1S/C18H36N2O3/c1-17(2,3)23-16(22)20-11-6-8-15(9-12-20)19-14-18(4,5)10-7-13-21/h15,19,21H,6-14H2,1-5H3. The van der Waals surface area contributed by atoms with Crippen molar-refractivity contribution in [2.24, 2.45) is 5.41 Å². The molecule has 0 saturated carbocycles. The van der Waals surface area contributed by atoms with Crippen LogP contribution in [0.3, 0.4) is 0 Å². The summed E-state index contributed by atoms with van der Waals surface area (Å²) in [4.78, 5) is 14.0. The lowest BCUT2D eigenvalue weighted by molar-refractivity contribution is 0.0256. The largest absolute Gasteiger partial charge is 0.444 e. The van der Waals surface area contributed by atoms with Gasteiger partial charge in [0.05, 0.1) is 0 Å². The number of carbonyl (C=O) groups excluding carboxylic acids is 1. The molecule has 0 aromatic rings. The quantitative estimate of drug-likeness (QED) is 0.786. The van der Waals surface area contributed by atoms with Crippen molar-refractivity contribution in [3.63, 3.8) is 0 Å². The van der Waals surface area contributed by atoms with Crippen LogP contribution < -0.4 is 5.32 Å². The van der Waals surface area contributed by atoms with Gasteiger partial charge in [0.25, 0.3) is 0 Å². The summed E-state index contributed by atoms with van der Waals surface area (Å²) in [5.41, 5.74) is -0.238. The van der Waals surface area contributed by atoms with E-state index < -0.39 is 5.60 Å². The Kier molecular flexibility index (Phi) is 7.81. The van der Waals surface area contributed by atoms with Crippen LogP contribution in [0.4, 0.5) is 4.79 Å². The van der Waals surface area contributed by atoms with E-state index in [0.717, 1.165) is 51.7 Å². The molecule has 1 fully saturated rings. The van der Waals surface area contributed by atoms with Crippen LogP contribution in [0.2, 0.25) is 0 Å². The van der Waals surface area contributed by atoms with Crippen LogP contribution in [0.5, 0.6) is 0 Å². The van der Waals surface area contributed by atoms with Crippen LogP contribution >= 0.6 is 0 Å². The van der Waals surface area contributed by atoms with E-state index in [9.17, 15) is 4.79 Å². The van der Waals surface area contributed by atoms with Crippen molar-refractivity contribution in [3.8, 4) is 0 Å². The second-order valence-electron chi connectivity index (χ2n) is 8.47. The van der Waals surface area contributed by atoms with Crippen LogP contribution in [-0.2, 0) is 4.74 Å². The zero-order chi connectivity index (χ0) is 17.5. The van der Waals surface area contributed by atoms with E-state index >= 15 is 0 Å². The topological polar surface area (TPSA) is 61.8 Å². The summed E-state index contributed by atoms with van der Waals surface area (Å²) in [7, 11) is 0. The van der Waals surface area contributed by atoms with E-state index in [1.807, 2.05) is 25.7 Å². The maximum atomic E-state index is 12.2. The minimum Gasteiger partial charge on any atom is -0.444 e. The minimum absolute atomic E-state index is 0.193. The molecule has 23 heavy (non-hydrogen) atoms. The van der Waals surface area contributed by atoms with E-state index in [1.54, 1.807) is 0 Å². The second kappa shape index (κ2) is 8.88. The first-order valence-corrected chi connectivity index (χ1v) is 8.95. The number of aliphatic hydroxyl groups excluding tert-OH is 1. The van der Waals surface area contributed by atoms with Crippen molar-refractivity contribution in [1.82, 2.24) is 10.2 Å². The number of carbonyl (C=O) groups is 1. The number of amides is 1. The van der Waals surface area contributed by atoms with Crippen molar-refractivity contribution < 1.29 is 14.6 Å². The monoisotopic (exact) mass is 328 g/mol. The van der Waals surface area contributed by atoms with Crippen molar-refractivity contribution in [2.45, 2.75) is 78.4 Å². The third-order valence-corrected chi connectivity index (χ3v) is 4.26. The van der Waals surface area contributed by atoms with Gasteiger partial charge >= 0.3 is 6.09 Å². The molecule has 0 radical (unpaired) electrons. The van der Waals surface area contributed by atoms with Gasteiger partial charge in [-0.3, -0.25) is 0 Å². The van der Waals surface area contributed by atoms with Gasteiger partial charge in [0.15, 0.2) is 0 Å². The van der Waals surface area contributed by atoms with Gasteiger partial charge in [-0.1, -0.05) is 13.8 Å². The average Bonchev–Trinajstić information content (AvgIpc) is 2.67. The van der Waals surface area contributed by atoms with Gasteiger partial charge in [-0.25, -0.2) is 4.79 Å². The molecular weight excluding hydrogens is 292 g/mol. The SMILES string of the molecule is CC(C)(CCCO)CNC1CCCN(C(=O)OC(C)(C)C)CC1. The molecule has 1 aliphatic rings. The first kappa shape index (κ1) is 20.2. The van der Waals surface area contributed by atoms with Crippen LogP contribution in [0.25, 0.3) is 0 Å². The molecule has 1 amide bonds. The zero-order valence-electron chi connectivity index (χ0n) is 15.7. The third kappa shape index (κ3) is 8.56. The van der Waals surface area contributed by atoms with Gasteiger partial charge in [0.2, 0.25) is 0 Å². The lowest BCUT2D eigenvalue weighted by Gasteiger charge is -2.28. The second-order valence-corrected chi connectivity index (χ2v) is 8.47. The lowest BCUT2D eigenvalue weighted by Crippen LogP contribution is -2.39. The Labute approximate surface area is 141 Å². The highest BCUT2D eigenvalue weighted by atomic mass is 16.6. The van der Waals surface area contributed by atoms with Crippen LogP contribution in [0, 0.1) is 5.41 Å². The van der Waals surface area contributed by atoms with Crippen LogP contribution in [0.15, 0.2) is 0 Å². The molecule has 1 unspecified atom stereocenters. The van der Waals surface area contributed by atoms with E-state index in [4.69, 9.17) is 9.84 Å². The minimum atomic E-state index is -0.433. The molecule has 1 aliphatic heterocycles. The summed E-state index contributed by atoms with van der Waals surface area (Å²) in [6.07, 6.45) is 4.75. The number of hydrogen-bond donors (Lipinski definition) is 2. The molecule has 0 aromatic carbocycles. The fourth-order valence-corrected chi connectivity index (χ4v) is 2.88. The van der Waals surface area contributed by atoms with Gasteiger partial charge in [-0.15, -0.1) is 0 Å². The Balaban J connectivity index is 2.39. The summed E-state index contributed by atoms with van der Waals surface area (Å²) in [6.45, 7) is 12.9. The first-order chi connectivity index (χ1) is 10.6. The highest BCUT2D eigenvalue weighted by Gasteiger charge is 2.26. The van der Waals surface area contributed by atoms with Gasteiger partial charge < -0.3 is 20.1 Å². The maximum Gasteiger partial charge on any atom is 0.410 e. The molecule has 0 aromatic heterocycles. The Morgan fingerprint density at radius 1 is 1.22 bits per heavy atom. The van der Waals surface area contributed by atoms with E-state index in [1.165, 1.54) is 0 Å². The fourth-order valence-electron chi connectivity index (χ4n) is 2.88. The van der Waals surface area contributed by atoms with Crippen LogP contribution in [0.1, 0.15) is 66.7 Å². The van der Waals surface area contributed by atoms with E-state index in [-0.39, 0.29) is 18.1 Å². The van der Waals surface area contributed by atoms with Crippen molar-refractivity contribution in [3.05, 3.63) is 0 Å². The molecule has 0 aliphatic carbocycles. The lowest BCUT2D eigenvalue weighted by atomic mass is 9.87. The predicted octanol–water partition coefficient (Wildman–Crippen LogP) is 3.16.